The molecule has 0 aliphatic carbocycles. The summed E-state index contributed by atoms with van der Waals surface area (Å²) in [6, 6.07) is 4.74. The van der Waals surface area contributed by atoms with Crippen molar-refractivity contribution in [1.82, 2.24) is 15.3 Å². The first-order valence-electron chi connectivity index (χ1n) is 5.48. The molecule has 0 saturated carbocycles. The molecule has 0 aromatic carbocycles. The molecule has 0 saturated heterocycles. The minimum Gasteiger partial charge on any atom is -0.363 e. The van der Waals surface area contributed by atoms with E-state index in [4.69, 9.17) is 11.6 Å². The molecule has 102 valence electrons. The minimum atomic E-state index is -3.69. The fourth-order valence-electron chi connectivity index (χ4n) is 1.51. The lowest BCUT2D eigenvalue weighted by Crippen LogP contribution is -2.13. The summed E-state index contributed by atoms with van der Waals surface area (Å²) in [6.45, 7) is 0.555. The van der Waals surface area contributed by atoms with E-state index in [2.05, 4.69) is 20.0 Å². The number of pyridine rings is 1. The largest absolute Gasteiger partial charge is 0.363 e. The van der Waals surface area contributed by atoms with Crippen LogP contribution in [0.4, 0.5) is 5.82 Å². The second kappa shape index (κ2) is 5.60. The van der Waals surface area contributed by atoms with Crippen LogP contribution in [0.15, 0.2) is 35.5 Å². The van der Waals surface area contributed by atoms with E-state index in [1.807, 2.05) is 0 Å². The summed E-state index contributed by atoms with van der Waals surface area (Å²) >= 11 is 5.87. The van der Waals surface area contributed by atoms with Gasteiger partial charge in [0.2, 0.25) is 0 Å². The number of nitrogens with one attached hydrogen (secondary N) is 3. The number of rotatable bonds is 5. The topological polar surface area (TPSA) is 86.9 Å². The Morgan fingerprint density at radius 2 is 2.26 bits per heavy atom. The molecule has 3 N–H and O–H groups in total. The molecule has 0 atom stereocenters. The van der Waals surface area contributed by atoms with Crippen LogP contribution in [0.5, 0.6) is 0 Å². The lowest BCUT2D eigenvalue weighted by atomic mass is 10.4. The maximum absolute atomic E-state index is 12.1. The highest BCUT2D eigenvalue weighted by atomic mass is 35.5. The van der Waals surface area contributed by atoms with Gasteiger partial charge in [-0.05, 0) is 25.2 Å². The first-order valence-corrected chi connectivity index (χ1v) is 7.34. The Balaban J connectivity index is 2.25. The zero-order valence-electron chi connectivity index (χ0n) is 10.1. The quantitative estimate of drug-likeness (QED) is 0.782. The molecule has 0 fully saturated rings. The van der Waals surface area contributed by atoms with Gasteiger partial charge in [0.25, 0.3) is 10.0 Å². The van der Waals surface area contributed by atoms with Gasteiger partial charge in [-0.15, -0.1) is 0 Å². The van der Waals surface area contributed by atoms with Gasteiger partial charge in [0.15, 0.2) is 5.82 Å². The number of hydrogen-bond acceptors (Lipinski definition) is 4. The summed E-state index contributed by atoms with van der Waals surface area (Å²) in [5.74, 6) is 0.112. The number of aromatic amines is 1. The fraction of sp³-hybridized carbons (Fsp3) is 0.182. The normalized spacial score (nSPS) is 11.5. The second-order valence-electron chi connectivity index (χ2n) is 3.83. The van der Waals surface area contributed by atoms with Crippen LogP contribution in [0, 0.1) is 0 Å². The average Bonchev–Trinajstić information content (AvgIpc) is 2.82. The molecule has 0 unspecified atom stereocenters. The predicted molar refractivity (Wildman–Crippen MR) is 73.6 cm³/mol. The lowest BCUT2D eigenvalue weighted by molar-refractivity contribution is 0.601. The summed E-state index contributed by atoms with van der Waals surface area (Å²) in [5, 5.41) is 3.17. The summed E-state index contributed by atoms with van der Waals surface area (Å²) in [5.41, 5.74) is 0.773. The van der Waals surface area contributed by atoms with Gasteiger partial charge in [-0.25, -0.2) is 13.4 Å². The van der Waals surface area contributed by atoms with Crippen LogP contribution in [-0.4, -0.2) is 25.4 Å². The fourth-order valence-corrected chi connectivity index (χ4v) is 2.78. The van der Waals surface area contributed by atoms with E-state index in [9.17, 15) is 8.42 Å². The molecule has 8 heteroatoms. The van der Waals surface area contributed by atoms with Crippen molar-refractivity contribution in [3.05, 3.63) is 41.3 Å². The van der Waals surface area contributed by atoms with E-state index in [0.29, 0.717) is 6.54 Å². The molecule has 0 spiro atoms. The van der Waals surface area contributed by atoms with E-state index in [1.54, 1.807) is 25.2 Å². The van der Waals surface area contributed by atoms with Gasteiger partial charge < -0.3 is 10.3 Å². The molecular weight excluding hydrogens is 288 g/mol. The molecule has 0 radical (unpaired) electrons. The van der Waals surface area contributed by atoms with Crippen LogP contribution in [0.1, 0.15) is 5.69 Å². The standard InChI is InChI=1S/C11H13ClN4O2S/c1-13-6-8-5-9(7-15-8)19(17,18)16-11-10(12)3-2-4-14-11/h2-5,7,13,15H,6H2,1H3,(H,14,16). The Hall–Kier alpha value is -1.57. The SMILES string of the molecule is CNCc1cc(S(=O)(=O)Nc2ncccc2Cl)c[nH]1. The molecule has 2 rings (SSSR count). The number of halogens is 1. The van der Waals surface area contributed by atoms with Gasteiger partial charge in [0.05, 0.1) is 5.02 Å². The van der Waals surface area contributed by atoms with E-state index in [-0.39, 0.29) is 15.7 Å². The van der Waals surface area contributed by atoms with Crippen LogP contribution in [0.2, 0.25) is 5.02 Å². The molecule has 19 heavy (non-hydrogen) atoms. The highest BCUT2D eigenvalue weighted by Crippen LogP contribution is 2.21. The first-order chi connectivity index (χ1) is 9.03. The van der Waals surface area contributed by atoms with E-state index < -0.39 is 10.0 Å². The molecule has 2 heterocycles. The van der Waals surface area contributed by atoms with Crippen LogP contribution in [0.25, 0.3) is 0 Å². The average molecular weight is 301 g/mol. The lowest BCUT2D eigenvalue weighted by Gasteiger charge is -2.06. The zero-order chi connectivity index (χ0) is 13.9. The number of sulfonamides is 1. The number of anilines is 1. The van der Waals surface area contributed by atoms with Gasteiger partial charge >= 0.3 is 0 Å². The Kier molecular flexibility index (Phi) is 4.08. The molecule has 6 nitrogen and oxygen atoms in total. The Morgan fingerprint density at radius 1 is 1.47 bits per heavy atom. The number of aromatic nitrogens is 2. The van der Waals surface area contributed by atoms with Crippen molar-refractivity contribution in [2.75, 3.05) is 11.8 Å². The maximum atomic E-state index is 12.1. The van der Waals surface area contributed by atoms with Gasteiger partial charge in [-0.2, -0.15) is 0 Å². The van der Waals surface area contributed by atoms with E-state index in [0.717, 1.165) is 5.69 Å². The number of H-pyrrole nitrogens is 1. The Bertz CT molecular complexity index is 669. The van der Waals surface area contributed by atoms with Crippen molar-refractivity contribution in [2.45, 2.75) is 11.4 Å². The number of hydrogen-bond donors (Lipinski definition) is 3. The van der Waals surface area contributed by atoms with E-state index >= 15 is 0 Å². The van der Waals surface area contributed by atoms with Gasteiger partial charge in [-0.1, -0.05) is 11.6 Å². The third-order valence-electron chi connectivity index (χ3n) is 2.38. The molecule has 2 aromatic heterocycles. The van der Waals surface area contributed by atoms with Crippen LogP contribution >= 0.6 is 11.6 Å². The molecule has 0 aliphatic rings. The Labute approximate surface area is 116 Å². The van der Waals surface area contributed by atoms with Crippen LogP contribution < -0.4 is 10.0 Å². The summed E-state index contributed by atoms with van der Waals surface area (Å²) in [7, 11) is -1.91. The summed E-state index contributed by atoms with van der Waals surface area (Å²) < 4.78 is 26.6. The summed E-state index contributed by atoms with van der Waals surface area (Å²) in [6.07, 6.45) is 2.89. The third kappa shape index (κ3) is 3.25. The molecule has 0 bridgehead atoms. The van der Waals surface area contributed by atoms with Crippen LogP contribution in [0.3, 0.4) is 0 Å². The van der Waals surface area contributed by atoms with Crippen LogP contribution in [-0.2, 0) is 16.6 Å². The zero-order valence-corrected chi connectivity index (χ0v) is 11.7. The minimum absolute atomic E-state index is 0.112. The molecular formula is C11H13ClN4O2S. The van der Waals surface area contributed by atoms with Crippen molar-refractivity contribution >= 4 is 27.4 Å². The van der Waals surface area contributed by atoms with Gasteiger partial charge in [-0.3, -0.25) is 4.72 Å². The molecule has 0 amide bonds. The number of nitrogens with zero attached hydrogens (tertiary/aromatic N) is 1. The first kappa shape index (κ1) is 13.9. The maximum Gasteiger partial charge on any atom is 0.264 e. The van der Waals surface area contributed by atoms with Gasteiger partial charge in [0.1, 0.15) is 4.90 Å². The van der Waals surface area contributed by atoms with Crippen molar-refractivity contribution in [3.63, 3.8) is 0 Å². The van der Waals surface area contributed by atoms with Crippen molar-refractivity contribution in [3.8, 4) is 0 Å². The smallest absolute Gasteiger partial charge is 0.264 e. The summed E-state index contributed by atoms with van der Waals surface area (Å²) in [4.78, 5) is 6.90. The predicted octanol–water partition coefficient (Wildman–Crippen LogP) is 1.58. The highest BCUT2D eigenvalue weighted by molar-refractivity contribution is 7.92. The van der Waals surface area contributed by atoms with Gasteiger partial charge in [0, 0.05) is 24.6 Å². The molecule has 0 aliphatic heterocycles. The van der Waals surface area contributed by atoms with Crippen molar-refractivity contribution in [2.24, 2.45) is 0 Å². The molecule has 2 aromatic rings. The highest BCUT2D eigenvalue weighted by Gasteiger charge is 2.17. The second-order valence-corrected chi connectivity index (χ2v) is 5.92. The Morgan fingerprint density at radius 3 is 2.95 bits per heavy atom. The third-order valence-corrected chi connectivity index (χ3v) is 4.01. The van der Waals surface area contributed by atoms with Crippen molar-refractivity contribution in [1.29, 1.82) is 0 Å². The van der Waals surface area contributed by atoms with Crippen molar-refractivity contribution < 1.29 is 8.42 Å². The monoisotopic (exact) mass is 300 g/mol. The van der Waals surface area contributed by atoms with E-state index in [1.165, 1.54) is 12.4 Å².